The molecule has 4 N–H and O–H groups in total. The maximum Gasteiger partial charge on any atom is 0.410 e. The average molecular weight is 1380 g/mol. The Morgan fingerprint density at radius 2 is 1.41 bits per heavy atom. The molecule has 5 aromatic rings. The minimum Gasteiger partial charge on any atom is -0.438 e. The van der Waals surface area contributed by atoms with Gasteiger partial charge in [-0.05, 0) is 170 Å². The molecule has 23 nitrogen and oxygen atoms in total. The van der Waals surface area contributed by atoms with Gasteiger partial charge in [0, 0.05) is 57.2 Å². The SMILES string of the molecule is C/C(=C\C(=O)C[C@H]1CCc2cccc3c2N(C1=O)[C@H](C(=O)N[C@@H](CCC(N)=O)[C@@H](C)OCc1ccc(CCCCC(=O)COCCCc2ccc4c(c2)n(C)c(=O)n4C2CCC(=O)NC2=O)cc1)C3)c1ccc(C(F)(F)P(=O)(OCOC(=O)C(C)(C)C)OCOC(=O)C(C)(C)C)cc1. The number of ether oxygens (including phenoxy) is 4. The van der Waals surface area contributed by atoms with Gasteiger partial charge >= 0.3 is 30.9 Å². The number of aryl methyl sites for hydroxylation is 4. The zero-order valence-corrected chi connectivity index (χ0v) is 57.9. The molecule has 4 aromatic carbocycles. The summed E-state index contributed by atoms with van der Waals surface area (Å²) >= 11 is 0. The Kier molecular flexibility index (Phi) is 25.1. The number of carbonyl (C=O) groups is 9. The summed E-state index contributed by atoms with van der Waals surface area (Å²) in [6.45, 7) is 10.7. The molecule has 1 unspecified atom stereocenters. The molecule has 0 radical (unpaired) electrons. The number of nitrogens with one attached hydrogen (secondary N) is 2. The van der Waals surface area contributed by atoms with Crippen LogP contribution in [-0.4, -0.2) is 107 Å². The molecule has 0 spiro atoms. The number of fused-ring (bicyclic) bond motifs is 1. The van der Waals surface area contributed by atoms with Crippen LogP contribution in [0.5, 0.6) is 0 Å². The fourth-order valence-corrected chi connectivity index (χ4v) is 13.2. The second-order valence-electron chi connectivity index (χ2n) is 27.4. The Balaban J connectivity index is 0.803. The molecule has 1 fully saturated rings. The van der Waals surface area contributed by atoms with Crippen LogP contribution in [0.1, 0.15) is 165 Å². The molecule has 3 aliphatic heterocycles. The van der Waals surface area contributed by atoms with Gasteiger partial charge in [0.2, 0.25) is 43.1 Å². The maximum absolute atomic E-state index is 16.3. The number of para-hydroxylation sites is 1. The number of ketones is 2. The summed E-state index contributed by atoms with van der Waals surface area (Å²) in [7, 11) is -3.95. The molecule has 3 aliphatic rings. The van der Waals surface area contributed by atoms with E-state index in [9.17, 15) is 52.5 Å². The molecule has 5 atom stereocenters. The first-order chi connectivity index (χ1) is 46.3. The highest BCUT2D eigenvalue weighted by molar-refractivity contribution is 7.54. The molecule has 528 valence electrons. The van der Waals surface area contributed by atoms with Crippen molar-refractivity contribution in [2.45, 2.75) is 182 Å². The first-order valence-electron chi connectivity index (χ1n) is 33.0. The molecule has 8 rings (SSSR count). The lowest BCUT2D eigenvalue weighted by atomic mass is 9.92. The van der Waals surface area contributed by atoms with Crippen LogP contribution in [0, 0.1) is 16.7 Å². The van der Waals surface area contributed by atoms with Crippen molar-refractivity contribution >= 4 is 82.9 Å². The number of aromatic nitrogens is 2. The summed E-state index contributed by atoms with van der Waals surface area (Å²) in [4.78, 5) is 132. The molecular formula is C72H89F2N6O17P. The van der Waals surface area contributed by atoms with Crippen molar-refractivity contribution in [2.24, 2.45) is 29.5 Å². The highest BCUT2D eigenvalue weighted by Gasteiger charge is 2.56. The maximum atomic E-state index is 16.3. The highest BCUT2D eigenvalue weighted by atomic mass is 31.2. The Bertz CT molecular complexity index is 3910. The van der Waals surface area contributed by atoms with Crippen LogP contribution < -0.4 is 27.0 Å². The van der Waals surface area contributed by atoms with Gasteiger partial charge in [-0.2, -0.15) is 8.78 Å². The van der Waals surface area contributed by atoms with Gasteiger partial charge in [-0.25, -0.2) is 4.79 Å². The zero-order chi connectivity index (χ0) is 71.4. The first kappa shape index (κ1) is 75.4. The third-order valence-electron chi connectivity index (χ3n) is 17.7. The van der Waals surface area contributed by atoms with E-state index in [4.69, 9.17) is 33.7 Å². The van der Waals surface area contributed by atoms with Gasteiger partial charge in [-0.15, -0.1) is 0 Å². The fraction of sp³-hybridized carbons (Fsp3) is 0.500. The molecule has 98 heavy (non-hydrogen) atoms. The van der Waals surface area contributed by atoms with E-state index in [2.05, 4.69) is 10.6 Å². The number of nitrogens with zero attached hydrogens (tertiary/aromatic N) is 3. The highest BCUT2D eigenvalue weighted by Crippen LogP contribution is 2.67. The Hall–Kier alpha value is -8.35. The number of alkyl halides is 2. The summed E-state index contributed by atoms with van der Waals surface area (Å²) in [6, 6.07) is 21.1. The second kappa shape index (κ2) is 32.5. The number of unbranched alkanes of at least 4 members (excludes halogenated alkanes) is 1. The molecule has 1 saturated heterocycles. The Labute approximate surface area is 568 Å². The predicted octanol–water partition coefficient (Wildman–Crippen LogP) is 9.86. The van der Waals surface area contributed by atoms with Crippen LogP contribution in [0.2, 0.25) is 0 Å². The number of rotatable bonds is 33. The fourth-order valence-electron chi connectivity index (χ4n) is 12.0. The second-order valence-corrected chi connectivity index (χ2v) is 29.5. The van der Waals surface area contributed by atoms with Crippen molar-refractivity contribution in [1.82, 2.24) is 19.8 Å². The molecule has 5 amide bonds. The minimum atomic E-state index is -5.60. The molecule has 26 heteroatoms. The van der Waals surface area contributed by atoms with Gasteiger partial charge in [0.05, 0.1) is 46.3 Å². The number of imide groups is 1. The van der Waals surface area contributed by atoms with Crippen molar-refractivity contribution in [1.29, 1.82) is 0 Å². The van der Waals surface area contributed by atoms with E-state index in [1.165, 1.54) is 73.8 Å². The number of amides is 5. The molecule has 0 saturated carbocycles. The molecule has 1 aromatic heterocycles. The Morgan fingerprint density at radius 3 is 2.05 bits per heavy atom. The Morgan fingerprint density at radius 1 is 0.776 bits per heavy atom. The predicted molar refractivity (Wildman–Crippen MR) is 359 cm³/mol. The number of carbonyl (C=O) groups excluding carboxylic acids is 9. The number of hydrogen-bond acceptors (Lipinski definition) is 17. The molecule has 0 aliphatic carbocycles. The van der Waals surface area contributed by atoms with E-state index in [0.717, 1.165) is 52.8 Å². The molecule has 0 bridgehead atoms. The first-order valence-corrected chi connectivity index (χ1v) is 34.6. The van der Waals surface area contributed by atoms with E-state index in [1.54, 1.807) is 20.9 Å². The smallest absolute Gasteiger partial charge is 0.410 e. The number of nitrogens with two attached hydrogens (primary N) is 1. The number of hydrogen-bond donors (Lipinski definition) is 3. The van der Waals surface area contributed by atoms with Gasteiger partial charge in [-0.3, -0.25) is 76.1 Å². The number of esters is 2. The number of Topliss-reactive ketones (excluding diaryl/α,β-unsaturated/α-hetero) is 1. The lowest BCUT2D eigenvalue weighted by Crippen LogP contribution is -2.54. The van der Waals surface area contributed by atoms with Crippen molar-refractivity contribution in [3.63, 3.8) is 0 Å². The average Bonchev–Trinajstić information content (AvgIpc) is 1.57. The van der Waals surface area contributed by atoms with Crippen molar-refractivity contribution in [3.05, 3.63) is 140 Å². The van der Waals surface area contributed by atoms with Gasteiger partial charge in [0.25, 0.3) is 0 Å². The third kappa shape index (κ3) is 18.9. The quantitative estimate of drug-likeness (QED) is 0.00878. The van der Waals surface area contributed by atoms with E-state index in [0.29, 0.717) is 66.6 Å². The van der Waals surface area contributed by atoms with Crippen LogP contribution in [0.25, 0.3) is 16.6 Å². The summed E-state index contributed by atoms with van der Waals surface area (Å²) in [6.07, 6.45) is 5.75. The van der Waals surface area contributed by atoms with Crippen LogP contribution in [0.4, 0.5) is 14.5 Å². The minimum absolute atomic E-state index is 0.0108. The van der Waals surface area contributed by atoms with E-state index in [1.807, 2.05) is 60.7 Å². The largest absolute Gasteiger partial charge is 0.438 e. The van der Waals surface area contributed by atoms with E-state index in [-0.39, 0.29) is 75.5 Å². The van der Waals surface area contributed by atoms with Crippen LogP contribution in [0.15, 0.2) is 95.8 Å². The topological polar surface area (TPSA) is 306 Å². The number of anilines is 1. The molecular weight excluding hydrogens is 1290 g/mol. The van der Waals surface area contributed by atoms with Gasteiger partial charge in [0.15, 0.2) is 11.6 Å². The van der Waals surface area contributed by atoms with Gasteiger partial charge in [0.1, 0.15) is 18.7 Å². The lowest BCUT2D eigenvalue weighted by Gasteiger charge is -2.31. The number of primary amides is 1. The van der Waals surface area contributed by atoms with Crippen LogP contribution in [0.3, 0.4) is 0 Å². The van der Waals surface area contributed by atoms with Crippen molar-refractivity contribution in [3.8, 4) is 0 Å². The standard InChI is InChI=1S/C72H89F2N6O17P/c1-44(49-26-28-53(29-27-49)72(73,74)98(91,96-42-94-67(88)70(3,4)5)97-43-95-68(89)71(6,7)8)36-55(82)38-52-25-24-50-16-12-17-51-39-60(80(63(50)51)66(52)87)65(86)76-56(30-33-61(75)83)45(2)93-40-48-21-19-46(20-22-48)14-10-11-18-54(81)41-92-35-13-15-47-23-31-57-59(37-47)78(9)69(90)79(57)58-32-34-62(84)77-64(58)85/h12,16-17,19-23,26-29,31,36-37,45,52,56,58,60H,10-11,13-15,18,24-25,30,32-35,38-43H2,1-9H3,(H2,75,83)(H,76,86)(H,77,84,85)/b44-36+/t45-,52-,56+,58?,60+/m1/s1. The number of piperidine rings is 1. The monoisotopic (exact) mass is 1380 g/mol. The normalized spacial score (nSPS) is 17.4. The lowest BCUT2D eigenvalue weighted by molar-refractivity contribution is -0.163. The number of halogens is 2. The number of allylic oxidation sites excluding steroid dienone is 2. The van der Waals surface area contributed by atoms with E-state index < -0.39 is 115 Å². The summed E-state index contributed by atoms with van der Waals surface area (Å²) in [5, 5.41) is 5.39. The summed E-state index contributed by atoms with van der Waals surface area (Å²) in [5.74, 6) is -5.28. The summed E-state index contributed by atoms with van der Waals surface area (Å²) < 4.78 is 81.3. The van der Waals surface area contributed by atoms with Crippen molar-refractivity contribution < 1.29 is 84.5 Å². The van der Waals surface area contributed by atoms with Crippen molar-refractivity contribution in [2.75, 3.05) is 31.7 Å². The summed E-state index contributed by atoms with van der Waals surface area (Å²) in [5.41, 5.74) is 5.09. The number of imidazole rings is 1. The number of benzene rings is 4. The van der Waals surface area contributed by atoms with E-state index >= 15 is 8.78 Å². The zero-order valence-electron chi connectivity index (χ0n) is 57.0. The van der Waals surface area contributed by atoms with Gasteiger partial charge < -0.3 is 30.0 Å². The van der Waals surface area contributed by atoms with Crippen LogP contribution >= 0.6 is 7.60 Å². The molecule has 4 heterocycles. The van der Waals surface area contributed by atoms with Crippen LogP contribution in [-0.2, 0) is 121 Å². The third-order valence-corrected chi connectivity index (χ3v) is 19.6. The van der Waals surface area contributed by atoms with Gasteiger partial charge in [-0.1, -0.05) is 72.8 Å².